The van der Waals surface area contributed by atoms with Crippen LogP contribution in [0.5, 0.6) is 0 Å². The fraction of sp³-hybridized carbons (Fsp3) is 0.571. The lowest BCUT2D eigenvalue weighted by molar-refractivity contribution is 0.387. The first-order valence-electron chi connectivity index (χ1n) is 6.32. The minimum atomic E-state index is 0.597. The Balaban J connectivity index is 2.17. The highest BCUT2D eigenvalue weighted by molar-refractivity contribution is 9.10. The first-order chi connectivity index (χ1) is 8.11. The van der Waals surface area contributed by atoms with Gasteiger partial charge in [0.25, 0.3) is 0 Å². The first-order valence-corrected chi connectivity index (χ1v) is 7.11. The number of anilines is 1. The van der Waals surface area contributed by atoms with Crippen molar-refractivity contribution in [2.45, 2.75) is 38.8 Å². The molecule has 1 fully saturated rings. The standard InChI is InChI=1S/C14H21BrN2/c1-10-4-5-14(13(15)8-10)17-7-6-12(16-3)9-11(17)2/h4-5,8,11-12,16H,6-7,9H2,1-3H3. The summed E-state index contributed by atoms with van der Waals surface area (Å²) < 4.78 is 1.22. The Labute approximate surface area is 113 Å². The van der Waals surface area contributed by atoms with E-state index in [1.807, 2.05) is 0 Å². The second-order valence-corrected chi connectivity index (χ2v) is 5.86. The number of benzene rings is 1. The van der Waals surface area contributed by atoms with Crippen LogP contribution in [0.2, 0.25) is 0 Å². The van der Waals surface area contributed by atoms with Crippen molar-refractivity contribution < 1.29 is 0 Å². The molecule has 1 N–H and O–H groups in total. The molecule has 0 aromatic heterocycles. The zero-order valence-corrected chi connectivity index (χ0v) is 12.4. The average Bonchev–Trinajstić information content (AvgIpc) is 2.30. The van der Waals surface area contributed by atoms with Gasteiger partial charge in [0.2, 0.25) is 0 Å². The molecule has 0 amide bonds. The number of halogens is 1. The van der Waals surface area contributed by atoms with E-state index < -0.39 is 0 Å². The van der Waals surface area contributed by atoms with Crippen LogP contribution < -0.4 is 10.2 Å². The molecule has 0 saturated carbocycles. The Morgan fingerprint density at radius 1 is 1.41 bits per heavy atom. The van der Waals surface area contributed by atoms with Crippen LogP contribution in [0, 0.1) is 6.92 Å². The van der Waals surface area contributed by atoms with Crippen LogP contribution in [0.4, 0.5) is 5.69 Å². The summed E-state index contributed by atoms with van der Waals surface area (Å²) in [5.74, 6) is 0. The average molecular weight is 297 g/mol. The van der Waals surface area contributed by atoms with E-state index >= 15 is 0 Å². The lowest BCUT2D eigenvalue weighted by Crippen LogP contribution is -2.46. The van der Waals surface area contributed by atoms with E-state index in [-0.39, 0.29) is 0 Å². The largest absolute Gasteiger partial charge is 0.368 e. The Morgan fingerprint density at radius 3 is 2.76 bits per heavy atom. The molecule has 3 heteroatoms. The number of hydrogen-bond acceptors (Lipinski definition) is 2. The highest BCUT2D eigenvalue weighted by atomic mass is 79.9. The van der Waals surface area contributed by atoms with Gasteiger partial charge in [-0.25, -0.2) is 0 Å². The Kier molecular flexibility index (Phi) is 4.10. The molecule has 1 saturated heterocycles. The molecule has 2 atom stereocenters. The summed E-state index contributed by atoms with van der Waals surface area (Å²) in [5, 5.41) is 3.39. The van der Waals surface area contributed by atoms with E-state index in [0.717, 1.165) is 6.54 Å². The summed E-state index contributed by atoms with van der Waals surface area (Å²) in [7, 11) is 2.06. The molecule has 1 aliphatic rings. The first kappa shape index (κ1) is 12.9. The number of hydrogen-bond donors (Lipinski definition) is 1. The Hall–Kier alpha value is -0.540. The van der Waals surface area contributed by atoms with Gasteiger partial charge >= 0.3 is 0 Å². The van der Waals surface area contributed by atoms with Gasteiger partial charge in [0, 0.05) is 23.1 Å². The minimum Gasteiger partial charge on any atom is -0.368 e. The third-order valence-corrected chi connectivity index (χ3v) is 4.33. The quantitative estimate of drug-likeness (QED) is 0.900. The Morgan fingerprint density at radius 2 is 2.18 bits per heavy atom. The van der Waals surface area contributed by atoms with Gasteiger partial charge in [-0.05, 0) is 67.4 Å². The van der Waals surface area contributed by atoms with Crippen molar-refractivity contribution in [1.29, 1.82) is 0 Å². The molecule has 2 nitrogen and oxygen atoms in total. The second-order valence-electron chi connectivity index (χ2n) is 5.01. The van der Waals surface area contributed by atoms with Gasteiger partial charge in [-0.1, -0.05) is 6.07 Å². The molecule has 2 rings (SSSR count). The predicted octanol–water partition coefficient (Wildman–Crippen LogP) is 3.33. The van der Waals surface area contributed by atoms with Gasteiger partial charge in [0.15, 0.2) is 0 Å². The molecular weight excluding hydrogens is 276 g/mol. The lowest BCUT2D eigenvalue weighted by atomic mass is 9.97. The molecule has 0 bridgehead atoms. The normalized spacial score (nSPS) is 25.1. The second kappa shape index (κ2) is 5.40. The van der Waals surface area contributed by atoms with Crippen molar-refractivity contribution in [3.63, 3.8) is 0 Å². The summed E-state index contributed by atoms with van der Waals surface area (Å²) in [6, 6.07) is 7.89. The smallest absolute Gasteiger partial charge is 0.0513 e. The van der Waals surface area contributed by atoms with Crippen LogP contribution in [0.1, 0.15) is 25.3 Å². The summed E-state index contributed by atoms with van der Waals surface area (Å²) in [6.45, 7) is 5.58. The minimum absolute atomic E-state index is 0.597. The van der Waals surface area contributed by atoms with Gasteiger partial charge in [-0.2, -0.15) is 0 Å². The van der Waals surface area contributed by atoms with Crippen molar-refractivity contribution in [3.05, 3.63) is 28.2 Å². The lowest BCUT2D eigenvalue weighted by Gasteiger charge is -2.39. The third-order valence-electron chi connectivity index (χ3n) is 3.70. The van der Waals surface area contributed by atoms with Crippen molar-refractivity contribution in [3.8, 4) is 0 Å². The molecule has 0 aliphatic carbocycles. The number of nitrogens with zero attached hydrogens (tertiary/aromatic N) is 1. The van der Waals surface area contributed by atoms with Crippen molar-refractivity contribution in [2.75, 3.05) is 18.5 Å². The van der Waals surface area contributed by atoms with Gasteiger partial charge in [0.1, 0.15) is 0 Å². The number of rotatable bonds is 2. The SMILES string of the molecule is CNC1CCN(c2ccc(C)cc2Br)C(C)C1. The van der Waals surface area contributed by atoms with Crippen LogP contribution in [0.3, 0.4) is 0 Å². The van der Waals surface area contributed by atoms with E-state index in [1.54, 1.807) is 0 Å². The highest BCUT2D eigenvalue weighted by Crippen LogP contribution is 2.32. The van der Waals surface area contributed by atoms with E-state index in [2.05, 4.69) is 65.2 Å². The summed E-state index contributed by atoms with van der Waals surface area (Å²) in [6.07, 6.45) is 2.44. The van der Waals surface area contributed by atoms with Crippen LogP contribution in [0.25, 0.3) is 0 Å². The van der Waals surface area contributed by atoms with Crippen molar-refractivity contribution in [2.24, 2.45) is 0 Å². The third kappa shape index (κ3) is 2.83. The maximum Gasteiger partial charge on any atom is 0.0513 e. The summed E-state index contributed by atoms with van der Waals surface area (Å²) in [4.78, 5) is 2.51. The molecule has 1 aliphatic heterocycles. The highest BCUT2D eigenvalue weighted by Gasteiger charge is 2.25. The van der Waals surface area contributed by atoms with Gasteiger partial charge < -0.3 is 10.2 Å². The summed E-state index contributed by atoms with van der Waals surface area (Å²) in [5.41, 5.74) is 2.64. The predicted molar refractivity (Wildman–Crippen MR) is 77.8 cm³/mol. The maximum absolute atomic E-state index is 3.69. The van der Waals surface area contributed by atoms with Crippen molar-refractivity contribution in [1.82, 2.24) is 5.32 Å². The molecule has 0 radical (unpaired) electrons. The van der Waals surface area contributed by atoms with Crippen LogP contribution in [-0.2, 0) is 0 Å². The van der Waals surface area contributed by atoms with Gasteiger partial charge in [-0.3, -0.25) is 0 Å². The molecule has 1 heterocycles. The molecule has 0 spiro atoms. The fourth-order valence-corrected chi connectivity index (χ4v) is 3.36. The van der Waals surface area contributed by atoms with Crippen molar-refractivity contribution >= 4 is 21.6 Å². The number of aryl methyl sites for hydroxylation is 1. The van der Waals surface area contributed by atoms with E-state index in [4.69, 9.17) is 0 Å². The number of nitrogens with one attached hydrogen (secondary N) is 1. The molecule has 1 aromatic carbocycles. The molecule has 1 aromatic rings. The summed E-state index contributed by atoms with van der Waals surface area (Å²) >= 11 is 3.69. The van der Waals surface area contributed by atoms with Gasteiger partial charge in [-0.15, -0.1) is 0 Å². The van der Waals surface area contributed by atoms with E-state index in [0.29, 0.717) is 12.1 Å². The number of piperidine rings is 1. The molecule has 2 unspecified atom stereocenters. The maximum atomic E-state index is 3.69. The molecule has 94 valence electrons. The molecule has 17 heavy (non-hydrogen) atoms. The zero-order chi connectivity index (χ0) is 12.4. The monoisotopic (exact) mass is 296 g/mol. The van der Waals surface area contributed by atoms with E-state index in [1.165, 1.54) is 28.6 Å². The van der Waals surface area contributed by atoms with E-state index in [9.17, 15) is 0 Å². The fourth-order valence-electron chi connectivity index (χ4n) is 2.64. The topological polar surface area (TPSA) is 15.3 Å². The van der Waals surface area contributed by atoms with Crippen LogP contribution >= 0.6 is 15.9 Å². The zero-order valence-electron chi connectivity index (χ0n) is 10.8. The van der Waals surface area contributed by atoms with Gasteiger partial charge in [0.05, 0.1) is 5.69 Å². The Bertz CT molecular complexity index is 392. The van der Waals surface area contributed by atoms with Crippen LogP contribution in [-0.4, -0.2) is 25.7 Å². The van der Waals surface area contributed by atoms with Crippen LogP contribution in [0.15, 0.2) is 22.7 Å². The molecular formula is C14H21BrN2.